The van der Waals surface area contributed by atoms with E-state index in [9.17, 15) is 14.9 Å². The molecule has 10 heteroatoms. The van der Waals surface area contributed by atoms with E-state index in [1.165, 1.54) is 23.9 Å². The molecule has 33 heavy (non-hydrogen) atoms. The Bertz CT molecular complexity index is 1190. The highest BCUT2D eigenvalue weighted by Gasteiger charge is 2.37. The molecular weight excluding hydrogens is 466 g/mol. The Morgan fingerprint density at radius 1 is 1.27 bits per heavy atom. The van der Waals surface area contributed by atoms with Gasteiger partial charge in [0.25, 0.3) is 5.69 Å². The van der Waals surface area contributed by atoms with Crippen molar-refractivity contribution in [3.8, 4) is 5.75 Å². The molecule has 2 aromatic carbocycles. The van der Waals surface area contributed by atoms with Gasteiger partial charge in [-0.1, -0.05) is 29.4 Å². The molecule has 2 aliphatic rings. The van der Waals surface area contributed by atoms with Crippen LogP contribution in [0.25, 0.3) is 0 Å². The van der Waals surface area contributed by atoms with Gasteiger partial charge in [-0.05, 0) is 54.6 Å². The first-order valence-corrected chi connectivity index (χ1v) is 11.4. The van der Waals surface area contributed by atoms with Gasteiger partial charge in [-0.15, -0.1) is 0 Å². The molecule has 170 valence electrons. The van der Waals surface area contributed by atoms with Crippen LogP contribution in [0.15, 0.2) is 70.3 Å². The van der Waals surface area contributed by atoms with Crippen LogP contribution >= 0.6 is 23.4 Å². The molecule has 0 spiro atoms. The number of aliphatic imine (C=N–C) groups is 1. The Kier molecular flexibility index (Phi) is 6.71. The molecule has 0 amide bonds. The summed E-state index contributed by atoms with van der Waals surface area (Å²) in [5.41, 5.74) is 2.66. The smallest absolute Gasteiger partial charge is 0.338 e. The monoisotopic (exact) mass is 485 g/mol. The van der Waals surface area contributed by atoms with Gasteiger partial charge in [0.15, 0.2) is 5.17 Å². The number of rotatable bonds is 7. The van der Waals surface area contributed by atoms with Crippen LogP contribution in [0.2, 0.25) is 5.02 Å². The van der Waals surface area contributed by atoms with Crippen LogP contribution in [0.4, 0.5) is 5.69 Å². The Labute approximate surface area is 199 Å². The van der Waals surface area contributed by atoms with Crippen molar-refractivity contribution in [3.05, 3.63) is 91.6 Å². The number of hydrogen-bond donors (Lipinski definition) is 0. The number of nitro groups is 1. The van der Waals surface area contributed by atoms with E-state index < -0.39 is 16.9 Å². The van der Waals surface area contributed by atoms with E-state index in [0.717, 1.165) is 16.3 Å². The molecule has 0 fully saturated rings. The summed E-state index contributed by atoms with van der Waals surface area (Å²) in [5, 5.41) is 13.9. The van der Waals surface area contributed by atoms with E-state index in [2.05, 4.69) is 4.99 Å². The molecule has 0 saturated heterocycles. The molecule has 8 nitrogen and oxygen atoms in total. The lowest BCUT2D eigenvalue weighted by Gasteiger charge is -2.33. The van der Waals surface area contributed by atoms with Gasteiger partial charge >= 0.3 is 5.97 Å². The number of benzene rings is 2. The van der Waals surface area contributed by atoms with Crippen molar-refractivity contribution < 1.29 is 19.2 Å². The molecule has 0 unspecified atom stereocenters. The molecule has 2 aliphatic heterocycles. The van der Waals surface area contributed by atoms with Crippen molar-refractivity contribution in [3.63, 3.8) is 0 Å². The number of ether oxygens (including phenoxy) is 2. The fourth-order valence-corrected chi connectivity index (χ4v) is 4.61. The Balaban J connectivity index is 1.58. The minimum atomic E-state index is -0.448. The summed E-state index contributed by atoms with van der Waals surface area (Å²) < 4.78 is 11.1. The van der Waals surface area contributed by atoms with Gasteiger partial charge in [-0.2, -0.15) is 0 Å². The molecule has 0 radical (unpaired) electrons. The van der Waals surface area contributed by atoms with Crippen molar-refractivity contribution in [1.82, 2.24) is 4.90 Å². The maximum absolute atomic E-state index is 12.8. The minimum Gasteiger partial charge on any atom is -0.487 e. The standard InChI is InChI=1S/C23H20ClN3O5S/c1-3-31-22(28)20-14(2)25-23-26(10-11-33-23)21(20)16-6-9-19(18(24)12-16)32-13-15-4-7-17(8-5-15)27(29)30/h4-12,21H,3,13H2,1-2H3/t21-/m0/s1. The maximum atomic E-state index is 12.8. The minimum absolute atomic E-state index is 0.0198. The predicted octanol–water partition coefficient (Wildman–Crippen LogP) is 5.60. The quantitative estimate of drug-likeness (QED) is 0.286. The molecule has 0 N–H and O–H groups in total. The number of carbonyl (C=O) groups excluding carboxylic acids is 1. The van der Waals surface area contributed by atoms with Crippen LogP contribution in [0, 0.1) is 10.1 Å². The molecule has 0 aromatic heterocycles. The first-order chi connectivity index (χ1) is 15.9. The number of esters is 1. The van der Waals surface area contributed by atoms with E-state index in [-0.39, 0.29) is 18.9 Å². The number of nitro benzene ring substituents is 1. The van der Waals surface area contributed by atoms with Crippen molar-refractivity contribution in [2.45, 2.75) is 26.5 Å². The summed E-state index contributed by atoms with van der Waals surface area (Å²) >= 11 is 8.01. The van der Waals surface area contributed by atoms with Crippen LogP contribution in [0.3, 0.4) is 0 Å². The van der Waals surface area contributed by atoms with E-state index in [0.29, 0.717) is 22.0 Å². The highest BCUT2D eigenvalue weighted by atomic mass is 35.5. The number of thioether (sulfide) groups is 1. The zero-order valence-corrected chi connectivity index (χ0v) is 19.4. The third kappa shape index (κ3) is 4.74. The number of carbonyl (C=O) groups is 1. The third-order valence-electron chi connectivity index (χ3n) is 5.13. The molecule has 1 atom stereocenters. The zero-order chi connectivity index (χ0) is 23.5. The molecular formula is C23H20ClN3O5S. The highest BCUT2D eigenvalue weighted by Crippen LogP contribution is 2.42. The van der Waals surface area contributed by atoms with Gasteiger partial charge in [-0.3, -0.25) is 10.1 Å². The summed E-state index contributed by atoms with van der Waals surface area (Å²) in [5.74, 6) is 0.0518. The van der Waals surface area contributed by atoms with Gasteiger partial charge < -0.3 is 14.4 Å². The van der Waals surface area contributed by atoms with Gasteiger partial charge in [-0.25, -0.2) is 9.79 Å². The lowest BCUT2D eigenvalue weighted by atomic mass is 9.94. The van der Waals surface area contributed by atoms with Gasteiger partial charge in [0.05, 0.1) is 33.9 Å². The number of nitrogens with zero attached hydrogens (tertiary/aromatic N) is 3. The average Bonchev–Trinajstić information content (AvgIpc) is 3.25. The number of amidine groups is 1. The number of non-ortho nitro benzene ring substituents is 1. The fourth-order valence-electron chi connectivity index (χ4n) is 3.58. The summed E-state index contributed by atoms with van der Waals surface area (Å²) in [7, 11) is 0. The number of allylic oxidation sites excluding steroid dienone is 1. The molecule has 2 heterocycles. The number of halogens is 1. The van der Waals surface area contributed by atoms with E-state index >= 15 is 0 Å². The zero-order valence-electron chi connectivity index (χ0n) is 17.9. The van der Waals surface area contributed by atoms with Gasteiger partial charge in [0.1, 0.15) is 12.4 Å². The average molecular weight is 486 g/mol. The second kappa shape index (κ2) is 9.68. The normalized spacial score (nSPS) is 17.0. The summed E-state index contributed by atoms with van der Waals surface area (Å²) in [4.78, 5) is 29.6. The van der Waals surface area contributed by atoms with Gasteiger partial charge in [0, 0.05) is 18.3 Å². The fraction of sp³-hybridized carbons (Fsp3) is 0.217. The molecule has 0 bridgehead atoms. The van der Waals surface area contributed by atoms with Crippen LogP contribution in [-0.2, 0) is 16.1 Å². The van der Waals surface area contributed by atoms with Crippen molar-refractivity contribution in [2.24, 2.45) is 4.99 Å². The topological polar surface area (TPSA) is 94.3 Å². The van der Waals surface area contributed by atoms with Crippen molar-refractivity contribution in [2.75, 3.05) is 6.61 Å². The van der Waals surface area contributed by atoms with Gasteiger partial charge in [0.2, 0.25) is 0 Å². The van der Waals surface area contributed by atoms with E-state index in [1.54, 1.807) is 38.1 Å². The van der Waals surface area contributed by atoms with Crippen molar-refractivity contribution >= 4 is 40.2 Å². The summed E-state index contributed by atoms with van der Waals surface area (Å²) in [6, 6.07) is 11.1. The molecule has 0 saturated carbocycles. The lowest BCUT2D eigenvalue weighted by molar-refractivity contribution is -0.384. The summed E-state index contributed by atoms with van der Waals surface area (Å²) in [6.07, 6.45) is 1.88. The largest absolute Gasteiger partial charge is 0.487 e. The van der Waals surface area contributed by atoms with Crippen LogP contribution in [-0.4, -0.2) is 27.6 Å². The first-order valence-electron chi connectivity index (χ1n) is 10.1. The molecule has 4 rings (SSSR count). The molecule has 0 aliphatic carbocycles. The highest BCUT2D eigenvalue weighted by molar-refractivity contribution is 8.16. The van der Waals surface area contributed by atoms with E-state index in [4.69, 9.17) is 21.1 Å². The van der Waals surface area contributed by atoms with Crippen molar-refractivity contribution in [1.29, 1.82) is 0 Å². The second-order valence-corrected chi connectivity index (χ2v) is 8.51. The maximum Gasteiger partial charge on any atom is 0.338 e. The Hall–Kier alpha value is -3.30. The van der Waals surface area contributed by atoms with Crippen LogP contribution in [0.5, 0.6) is 5.75 Å². The first kappa shape index (κ1) is 22.9. The third-order valence-corrected chi connectivity index (χ3v) is 6.20. The number of fused-ring (bicyclic) bond motifs is 1. The Morgan fingerprint density at radius 3 is 2.70 bits per heavy atom. The van der Waals surface area contributed by atoms with Crippen LogP contribution < -0.4 is 4.74 Å². The Morgan fingerprint density at radius 2 is 2.03 bits per heavy atom. The summed E-state index contributed by atoms with van der Waals surface area (Å²) in [6.45, 7) is 4.03. The molecule has 2 aromatic rings. The predicted molar refractivity (Wildman–Crippen MR) is 127 cm³/mol. The van der Waals surface area contributed by atoms with Crippen LogP contribution in [0.1, 0.15) is 31.0 Å². The lowest BCUT2D eigenvalue weighted by Crippen LogP contribution is -2.34. The SMILES string of the molecule is CCOC(=O)C1=C(C)N=C2SC=CN2[C@H]1c1ccc(OCc2ccc([N+](=O)[O-])cc2)c(Cl)c1. The second-order valence-electron chi connectivity index (χ2n) is 7.23. The number of hydrogen-bond acceptors (Lipinski definition) is 8. The van der Waals surface area contributed by atoms with E-state index in [1.807, 2.05) is 22.6 Å².